The molecule has 178 valence electrons. The topological polar surface area (TPSA) is 73.7 Å². The Morgan fingerprint density at radius 2 is 1.68 bits per heavy atom. The maximum atomic E-state index is 13.5. The van der Waals surface area contributed by atoms with Crippen LogP contribution in [0.4, 0.5) is 0 Å². The molecule has 0 amide bonds. The van der Waals surface area contributed by atoms with Crippen molar-refractivity contribution in [3.8, 4) is 11.1 Å². The van der Waals surface area contributed by atoms with Gasteiger partial charge in [-0.05, 0) is 72.8 Å². The van der Waals surface area contributed by atoms with Crippen molar-refractivity contribution in [1.82, 2.24) is 14.2 Å². The van der Waals surface area contributed by atoms with Crippen LogP contribution in [-0.2, 0) is 10.0 Å². The first-order chi connectivity index (χ1) is 16.5. The van der Waals surface area contributed by atoms with Crippen LogP contribution in [0.15, 0.2) is 78.0 Å². The number of pyridine rings is 1. The molecule has 0 spiro atoms. The highest BCUT2D eigenvalue weighted by Gasteiger charge is 2.50. The minimum absolute atomic E-state index is 0.0124. The Morgan fingerprint density at radius 3 is 2.38 bits per heavy atom. The zero-order valence-corrected chi connectivity index (χ0v) is 20.2. The number of fused-ring (bicyclic) bond motifs is 1. The van der Waals surface area contributed by atoms with E-state index in [-0.39, 0.29) is 24.6 Å². The van der Waals surface area contributed by atoms with E-state index < -0.39 is 10.0 Å². The Kier molecular flexibility index (Phi) is 6.53. The normalized spacial score (nSPS) is 24.0. The zero-order valence-electron chi connectivity index (χ0n) is 19.4. The number of rotatable bonds is 5. The number of hydrogen-bond acceptors (Lipinski definition) is 5. The fourth-order valence-electron chi connectivity index (χ4n) is 5.49. The summed E-state index contributed by atoms with van der Waals surface area (Å²) in [6.07, 6.45) is 5.30. The molecule has 3 heterocycles. The summed E-state index contributed by atoms with van der Waals surface area (Å²) in [5, 5.41) is 10.2. The van der Waals surface area contributed by atoms with Crippen molar-refractivity contribution >= 4 is 10.0 Å². The van der Waals surface area contributed by atoms with Gasteiger partial charge in [0, 0.05) is 43.5 Å². The van der Waals surface area contributed by atoms with Crippen LogP contribution >= 0.6 is 0 Å². The first-order valence-corrected chi connectivity index (χ1v) is 13.4. The van der Waals surface area contributed by atoms with Crippen LogP contribution in [-0.4, -0.2) is 66.0 Å². The molecule has 2 aliphatic rings. The highest BCUT2D eigenvalue weighted by atomic mass is 32.2. The summed E-state index contributed by atoms with van der Waals surface area (Å²) in [5.74, 6) is 0.0878. The quantitative estimate of drug-likeness (QED) is 0.607. The summed E-state index contributed by atoms with van der Waals surface area (Å²) in [4.78, 5) is 6.75. The molecule has 3 atom stereocenters. The van der Waals surface area contributed by atoms with E-state index in [2.05, 4.69) is 34.1 Å². The molecule has 0 unspecified atom stereocenters. The smallest absolute Gasteiger partial charge is 0.243 e. The van der Waals surface area contributed by atoms with Gasteiger partial charge < -0.3 is 5.11 Å². The molecule has 0 bridgehead atoms. The van der Waals surface area contributed by atoms with Gasteiger partial charge in [-0.3, -0.25) is 9.88 Å². The standard InChI is InChI=1S/C27H31N3O3S/c1-20-5-4-6-24(17-20)34(32,33)29-15-2-3-16-30-25(18-29)27(26(30)19-31)23-9-7-21(8-10-23)22-11-13-28-14-12-22/h4-14,17,25-27,31H,2-3,15-16,18-19H2,1H3/t25-,26-,27+/m0/s1. The lowest BCUT2D eigenvalue weighted by Crippen LogP contribution is -2.67. The Balaban J connectivity index is 1.43. The summed E-state index contributed by atoms with van der Waals surface area (Å²) in [5.41, 5.74) is 4.30. The largest absolute Gasteiger partial charge is 0.395 e. The molecular formula is C27H31N3O3S. The van der Waals surface area contributed by atoms with E-state index in [9.17, 15) is 13.5 Å². The fraction of sp³-hybridized carbons (Fsp3) is 0.370. The molecule has 7 heteroatoms. The lowest BCUT2D eigenvalue weighted by molar-refractivity contribution is -0.0553. The highest BCUT2D eigenvalue weighted by molar-refractivity contribution is 7.89. The number of aliphatic hydroxyl groups excluding tert-OH is 1. The summed E-state index contributed by atoms with van der Waals surface area (Å²) < 4.78 is 28.7. The minimum Gasteiger partial charge on any atom is -0.395 e. The number of sulfonamides is 1. The maximum Gasteiger partial charge on any atom is 0.243 e. The molecule has 34 heavy (non-hydrogen) atoms. The molecular weight excluding hydrogens is 446 g/mol. The van der Waals surface area contributed by atoms with E-state index in [1.165, 1.54) is 0 Å². The van der Waals surface area contributed by atoms with Crippen LogP contribution in [0.1, 0.15) is 29.9 Å². The van der Waals surface area contributed by atoms with Gasteiger partial charge >= 0.3 is 0 Å². The molecule has 1 aromatic heterocycles. The zero-order chi connectivity index (χ0) is 23.7. The Bertz CT molecular complexity index is 1230. The van der Waals surface area contributed by atoms with E-state index in [1.54, 1.807) is 34.9 Å². The second-order valence-corrected chi connectivity index (χ2v) is 11.3. The van der Waals surface area contributed by atoms with E-state index in [0.29, 0.717) is 18.0 Å². The molecule has 2 saturated heterocycles. The maximum absolute atomic E-state index is 13.5. The monoisotopic (exact) mass is 477 g/mol. The van der Waals surface area contributed by atoms with Crippen molar-refractivity contribution in [2.45, 2.75) is 42.7 Å². The summed E-state index contributed by atoms with van der Waals surface area (Å²) in [6.45, 7) is 3.83. The molecule has 6 nitrogen and oxygen atoms in total. The number of aliphatic hydroxyl groups is 1. The summed E-state index contributed by atoms with van der Waals surface area (Å²) >= 11 is 0. The van der Waals surface area contributed by atoms with Crippen molar-refractivity contribution in [2.75, 3.05) is 26.2 Å². The highest BCUT2D eigenvalue weighted by Crippen LogP contribution is 2.43. The van der Waals surface area contributed by atoms with E-state index >= 15 is 0 Å². The first-order valence-electron chi connectivity index (χ1n) is 11.9. The van der Waals surface area contributed by atoms with E-state index in [4.69, 9.17) is 0 Å². The van der Waals surface area contributed by atoms with Gasteiger partial charge in [0.25, 0.3) is 0 Å². The van der Waals surface area contributed by atoms with Gasteiger partial charge in [0.2, 0.25) is 10.0 Å². The van der Waals surface area contributed by atoms with Crippen molar-refractivity contribution in [3.63, 3.8) is 0 Å². The molecule has 0 saturated carbocycles. The average molecular weight is 478 g/mol. The molecule has 3 aromatic rings. The fourth-order valence-corrected chi connectivity index (χ4v) is 7.10. The van der Waals surface area contributed by atoms with Gasteiger partial charge in [0.1, 0.15) is 0 Å². The van der Waals surface area contributed by atoms with Crippen molar-refractivity contribution in [1.29, 1.82) is 0 Å². The second-order valence-electron chi connectivity index (χ2n) is 9.33. The molecule has 1 N–H and O–H groups in total. The number of nitrogens with zero attached hydrogens (tertiary/aromatic N) is 3. The second kappa shape index (κ2) is 9.58. The van der Waals surface area contributed by atoms with Crippen LogP contribution in [0.3, 0.4) is 0 Å². The number of benzene rings is 2. The minimum atomic E-state index is -3.58. The number of hydrogen-bond donors (Lipinski definition) is 1. The summed E-state index contributed by atoms with van der Waals surface area (Å²) in [6, 6.07) is 19.6. The van der Waals surface area contributed by atoms with Gasteiger partial charge in [0.05, 0.1) is 11.5 Å². The molecule has 2 aliphatic heterocycles. The lowest BCUT2D eigenvalue weighted by atomic mass is 9.74. The van der Waals surface area contributed by atoms with Gasteiger partial charge in [-0.25, -0.2) is 8.42 Å². The van der Waals surface area contributed by atoms with Crippen molar-refractivity contribution < 1.29 is 13.5 Å². The predicted octanol–water partition coefficient (Wildman–Crippen LogP) is 3.67. The van der Waals surface area contributed by atoms with Gasteiger partial charge in [-0.15, -0.1) is 0 Å². The molecule has 0 radical (unpaired) electrons. The Hall–Kier alpha value is -2.58. The van der Waals surface area contributed by atoms with Crippen LogP contribution in [0, 0.1) is 6.92 Å². The van der Waals surface area contributed by atoms with Crippen LogP contribution < -0.4 is 0 Å². The van der Waals surface area contributed by atoms with Crippen LogP contribution in [0.2, 0.25) is 0 Å². The molecule has 5 rings (SSSR count). The van der Waals surface area contributed by atoms with Crippen LogP contribution in [0.25, 0.3) is 11.1 Å². The van der Waals surface area contributed by atoms with Crippen molar-refractivity contribution in [3.05, 3.63) is 84.2 Å². The predicted molar refractivity (Wildman–Crippen MR) is 133 cm³/mol. The number of aryl methyl sites for hydroxylation is 1. The van der Waals surface area contributed by atoms with E-state index in [1.807, 2.05) is 25.1 Å². The summed E-state index contributed by atoms with van der Waals surface area (Å²) in [7, 11) is -3.58. The lowest BCUT2D eigenvalue weighted by Gasteiger charge is -2.57. The molecule has 2 aromatic carbocycles. The SMILES string of the molecule is Cc1cccc(S(=O)(=O)N2CCCCN3[C@@H](CO)[C@H](c4ccc(-c5ccncc5)cc4)[C@@H]3C2)c1. The Labute approximate surface area is 201 Å². The first kappa shape index (κ1) is 23.2. The van der Waals surface area contributed by atoms with Gasteiger partial charge in [-0.1, -0.05) is 36.4 Å². The third-order valence-electron chi connectivity index (χ3n) is 7.27. The molecule has 2 fully saturated rings. The number of aromatic nitrogens is 1. The van der Waals surface area contributed by atoms with Crippen LogP contribution in [0.5, 0.6) is 0 Å². The molecule has 0 aliphatic carbocycles. The third-order valence-corrected chi connectivity index (χ3v) is 9.13. The average Bonchev–Trinajstić information content (AvgIpc) is 2.84. The Morgan fingerprint density at radius 1 is 0.971 bits per heavy atom. The van der Waals surface area contributed by atoms with E-state index in [0.717, 1.165) is 41.6 Å². The third kappa shape index (κ3) is 4.29. The van der Waals surface area contributed by atoms with Gasteiger partial charge in [-0.2, -0.15) is 4.31 Å². The van der Waals surface area contributed by atoms with Gasteiger partial charge in [0.15, 0.2) is 0 Å². The van der Waals surface area contributed by atoms with Crippen molar-refractivity contribution in [2.24, 2.45) is 0 Å².